The highest BCUT2D eigenvalue weighted by atomic mass is 15.2. The standard InChI is InChI=1S/C15H34N2/c1-7-15(8-2,13-16(9-3)10-4)14-17(11-5)12-6/h7-14H2,1-6H3. The molecule has 0 aliphatic carbocycles. The topological polar surface area (TPSA) is 6.48 Å². The van der Waals surface area contributed by atoms with Crippen LogP contribution >= 0.6 is 0 Å². The van der Waals surface area contributed by atoms with Crippen molar-refractivity contribution in [3.8, 4) is 0 Å². The Morgan fingerprint density at radius 2 is 0.882 bits per heavy atom. The van der Waals surface area contributed by atoms with Crippen LogP contribution in [0.3, 0.4) is 0 Å². The van der Waals surface area contributed by atoms with E-state index in [1.807, 2.05) is 0 Å². The summed E-state index contributed by atoms with van der Waals surface area (Å²) in [4.78, 5) is 5.16. The zero-order valence-electron chi connectivity index (χ0n) is 13.1. The molecule has 0 aliphatic rings. The van der Waals surface area contributed by atoms with Crippen molar-refractivity contribution in [2.45, 2.75) is 54.4 Å². The molecule has 0 aromatic carbocycles. The first-order valence-corrected chi connectivity index (χ1v) is 7.55. The number of hydrogen-bond acceptors (Lipinski definition) is 2. The van der Waals surface area contributed by atoms with Crippen LogP contribution in [0, 0.1) is 5.41 Å². The van der Waals surface area contributed by atoms with Gasteiger partial charge in [-0.3, -0.25) is 0 Å². The lowest BCUT2D eigenvalue weighted by Crippen LogP contribution is -2.45. The maximum atomic E-state index is 2.58. The van der Waals surface area contributed by atoms with Gasteiger partial charge in [-0.2, -0.15) is 0 Å². The second-order valence-electron chi connectivity index (χ2n) is 5.13. The first kappa shape index (κ1) is 16.9. The third kappa shape index (κ3) is 5.39. The Hall–Kier alpha value is -0.0800. The van der Waals surface area contributed by atoms with Gasteiger partial charge < -0.3 is 9.80 Å². The molecule has 0 amide bonds. The second kappa shape index (κ2) is 8.93. The molecular weight excluding hydrogens is 208 g/mol. The van der Waals surface area contributed by atoms with Gasteiger partial charge in [0.1, 0.15) is 0 Å². The van der Waals surface area contributed by atoms with Gasteiger partial charge in [-0.25, -0.2) is 0 Å². The van der Waals surface area contributed by atoms with Crippen molar-refractivity contribution in [3.05, 3.63) is 0 Å². The van der Waals surface area contributed by atoms with Gasteiger partial charge in [0.2, 0.25) is 0 Å². The van der Waals surface area contributed by atoms with Gasteiger partial charge in [-0.1, -0.05) is 41.5 Å². The number of hydrogen-bond donors (Lipinski definition) is 0. The van der Waals surface area contributed by atoms with E-state index in [-0.39, 0.29) is 0 Å². The molecule has 0 unspecified atom stereocenters. The predicted molar refractivity (Wildman–Crippen MR) is 78.6 cm³/mol. The SMILES string of the molecule is CCN(CC)CC(CC)(CC)CN(CC)CC. The minimum absolute atomic E-state index is 0.484. The Kier molecular flexibility index (Phi) is 8.89. The van der Waals surface area contributed by atoms with Gasteiger partial charge in [0, 0.05) is 13.1 Å². The van der Waals surface area contributed by atoms with Crippen molar-refractivity contribution < 1.29 is 0 Å². The van der Waals surface area contributed by atoms with E-state index < -0.39 is 0 Å². The minimum atomic E-state index is 0.484. The molecule has 0 fully saturated rings. The average molecular weight is 242 g/mol. The summed E-state index contributed by atoms with van der Waals surface area (Å²) in [7, 11) is 0. The van der Waals surface area contributed by atoms with Crippen LogP contribution in [0.2, 0.25) is 0 Å². The van der Waals surface area contributed by atoms with Crippen LogP contribution < -0.4 is 0 Å². The average Bonchev–Trinajstić information content (AvgIpc) is 2.40. The van der Waals surface area contributed by atoms with Crippen molar-refractivity contribution in [2.24, 2.45) is 5.41 Å². The van der Waals surface area contributed by atoms with Crippen LogP contribution in [-0.4, -0.2) is 49.1 Å². The van der Waals surface area contributed by atoms with E-state index in [1.165, 1.54) is 52.1 Å². The van der Waals surface area contributed by atoms with Gasteiger partial charge in [-0.05, 0) is 44.4 Å². The van der Waals surface area contributed by atoms with E-state index >= 15 is 0 Å². The highest BCUT2D eigenvalue weighted by Gasteiger charge is 2.29. The first-order chi connectivity index (χ1) is 8.11. The van der Waals surface area contributed by atoms with E-state index in [9.17, 15) is 0 Å². The molecule has 17 heavy (non-hydrogen) atoms. The largest absolute Gasteiger partial charge is 0.303 e. The van der Waals surface area contributed by atoms with Crippen LogP contribution in [0.25, 0.3) is 0 Å². The van der Waals surface area contributed by atoms with Crippen LogP contribution in [-0.2, 0) is 0 Å². The fraction of sp³-hybridized carbons (Fsp3) is 1.00. The zero-order valence-corrected chi connectivity index (χ0v) is 13.1. The van der Waals surface area contributed by atoms with Gasteiger partial charge in [0.15, 0.2) is 0 Å². The van der Waals surface area contributed by atoms with E-state index in [2.05, 4.69) is 51.3 Å². The summed E-state index contributed by atoms with van der Waals surface area (Å²) in [6, 6.07) is 0. The summed E-state index contributed by atoms with van der Waals surface area (Å²) in [5.74, 6) is 0. The highest BCUT2D eigenvalue weighted by Crippen LogP contribution is 2.29. The van der Waals surface area contributed by atoms with Crippen molar-refractivity contribution in [1.82, 2.24) is 9.80 Å². The van der Waals surface area contributed by atoms with Gasteiger partial charge >= 0.3 is 0 Å². The van der Waals surface area contributed by atoms with Crippen LogP contribution in [0.1, 0.15) is 54.4 Å². The first-order valence-electron chi connectivity index (χ1n) is 7.55. The minimum Gasteiger partial charge on any atom is -0.303 e. The van der Waals surface area contributed by atoms with E-state index in [0.717, 1.165) is 0 Å². The Morgan fingerprint density at radius 1 is 0.588 bits per heavy atom. The molecule has 0 atom stereocenters. The summed E-state index contributed by atoms with van der Waals surface area (Å²) >= 11 is 0. The molecule has 0 radical (unpaired) electrons. The third-order valence-corrected chi connectivity index (χ3v) is 4.41. The molecule has 0 bridgehead atoms. The fourth-order valence-corrected chi connectivity index (χ4v) is 2.59. The monoisotopic (exact) mass is 242 g/mol. The maximum absolute atomic E-state index is 2.58. The lowest BCUT2D eigenvalue weighted by atomic mass is 9.81. The van der Waals surface area contributed by atoms with E-state index in [0.29, 0.717) is 5.41 Å². The molecular formula is C15H34N2. The molecule has 0 heterocycles. The lowest BCUT2D eigenvalue weighted by molar-refractivity contribution is 0.0933. The summed E-state index contributed by atoms with van der Waals surface area (Å²) in [6.07, 6.45) is 2.58. The summed E-state index contributed by atoms with van der Waals surface area (Å²) in [6.45, 7) is 21.0. The van der Waals surface area contributed by atoms with Crippen molar-refractivity contribution in [3.63, 3.8) is 0 Å². The second-order valence-corrected chi connectivity index (χ2v) is 5.13. The maximum Gasteiger partial charge on any atom is 0.00498 e. The molecule has 0 aromatic heterocycles. The normalized spacial score (nSPS) is 12.7. The molecule has 2 heteroatoms. The third-order valence-electron chi connectivity index (χ3n) is 4.41. The Bertz CT molecular complexity index is 152. The number of nitrogens with zero attached hydrogens (tertiary/aromatic N) is 2. The molecule has 0 saturated carbocycles. The summed E-state index contributed by atoms with van der Waals surface area (Å²) in [5.41, 5.74) is 0.484. The molecule has 0 saturated heterocycles. The molecule has 104 valence electrons. The van der Waals surface area contributed by atoms with Crippen molar-refractivity contribution in [1.29, 1.82) is 0 Å². The zero-order chi connectivity index (χ0) is 13.3. The van der Waals surface area contributed by atoms with E-state index in [1.54, 1.807) is 0 Å². The number of rotatable bonds is 10. The molecule has 0 rings (SSSR count). The van der Waals surface area contributed by atoms with Gasteiger partial charge in [0.05, 0.1) is 0 Å². The Morgan fingerprint density at radius 3 is 1.06 bits per heavy atom. The quantitative estimate of drug-likeness (QED) is 0.579. The van der Waals surface area contributed by atoms with Crippen LogP contribution in [0.4, 0.5) is 0 Å². The molecule has 0 aliphatic heterocycles. The molecule has 2 nitrogen and oxygen atoms in total. The Balaban J connectivity index is 4.63. The Labute approximate surface area is 109 Å². The smallest absolute Gasteiger partial charge is 0.00498 e. The van der Waals surface area contributed by atoms with Crippen molar-refractivity contribution >= 4 is 0 Å². The van der Waals surface area contributed by atoms with Gasteiger partial charge in [0.25, 0.3) is 0 Å². The van der Waals surface area contributed by atoms with Crippen LogP contribution in [0.5, 0.6) is 0 Å². The van der Waals surface area contributed by atoms with Crippen molar-refractivity contribution in [2.75, 3.05) is 39.3 Å². The summed E-state index contributed by atoms with van der Waals surface area (Å²) < 4.78 is 0. The van der Waals surface area contributed by atoms with Gasteiger partial charge in [-0.15, -0.1) is 0 Å². The van der Waals surface area contributed by atoms with Crippen LogP contribution in [0.15, 0.2) is 0 Å². The highest BCUT2D eigenvalue weighted by molar-refractivity contribution is 4.83. The molecule has 0 spiro atoms. The molecule has 0 N–H and O–H groups in total. The lowest BCUT2D eigenvalue weighted by Gasteiger charge is -2.40. The molecule has 0 aromatic rings. The van der Waals surface area contributed by atoms with E-state index in [4.69, 9.17) is 0 Å². The summed E-state index contributed by atoms with van der Waals surface area (Å²) in [5, 5.41) is 0. The fourth-order valence-electron chi connectivity index (χ4n) is 2.59. The predicted octanol–water partition coefficient (Wildman–Crippen LogP) is 3.48.